The van der Waals surface area contributed by atoms with Crippen molar-refractivity contribution in [2.45, 2.75) is 57.9 Å². The first-order valence-electron chi connectivity index (χ1n) is 11.3. The highest BCUT2D eigenvalue weighted by atomic mass is 32.2. The molecule has 33 heavy (non-hydrogen) atoms. The highest BCUT2D eigenvalue weighted by Gasteiger charge is 2.21. The third-order valence-electron chi connectivity index (χ3n) is 6.18. The Kier molecular flexibility index (Phi) is 6.30. The van der Waals surface area contributed by atoms with E-state index in [2.05, 4.69) is 28.2 Å². The van der Waals surface area contributed by atoms with Crippen molar-refractivity contribution in [2.24, 2.45) is 0 Å². The number of fused-ring (bicyclic) bond motifs is 1. The van der Waals surface area contributed by atoms with Crippen molar-refractivity contribution in [1.29, 1.82) is 0 Å². The Bertz CT molecular complexity index is 1310. The maximum atomic E-state index is 13.1. The summed E-state index contributed by atoms with van der Waals surface area (Å²) in [6.45, 7) is 7.51. The predicted molar refractivity (Wildman–Crippen MR) is 132 cm³/mol. The van der Waals surface area contributed by atoms with E-state index in [4.69, 9.17) is 0 Å². The fourth-order valence-electron chi connectivity index (χ4n) is 4.50. The zero-order valence-corrected chi connectivity index (χ0v) is 20.3. The molecule has 1 atom stereocenters. The molecular weight excluding hydrogens is 432 g/mol. The summed E-state index contributed by atoms with van der Waals surface area (Å²) in [7, 11) is -3.85. The first kappa shape index (κ1) is 23.1. The molecule has 1 aliphatic rings. The maximum Gasteiger partial charge on any atom is 0.262 e. The number of sulfonamides is 1. The zero-order chi connectivity index (χ0) is 23.8. The van der Waals surface area contributed by atoms with Crippen LogP contribution in [0.5, 0.6) is 0 Å². The average molecular weight is 463 g/mol. The molecule has 0 saturated heterocycles. The number of nitrogens with one attached hydrogen (secondary N) is 2. The van der Waals surface area contributed by atoms with Gasteiger partial charge >= 0.3 is 0 Å². The van der Waals surface area contributed by atoms with Crippen LogP contribution in [0, 0.1) is 20.8 Å². The van der Waals surface area contributed by atoms with Gasteiger partial charge in [-0.1, -0.05) is 30.3 Å². The van der Waals surface area contributed by atoms with E-state index in [9.17, 15) is 13.2 Å². The number of carbonyl (C=O) groups excluding carboxylic acids is 1. The third kappa shape index (κ3) is 5.11. The number of carbonyl (C=O) groups is 1. The summed E-state index contributed by atoms with van der Waals surface area (Å²) in [5.74, 6) is -0.300. The van der Waals surface area contributed by atoms with Crippen LogP contribution in [0.3, 0.4) is 0 Å². The van der Waals surface area contributed by atoms with Crippen molar-refractivity contribution in [3.8, 4) is 0 Å². The Morgan fingerprint density at radius 1 is 0.879 bits per heavy atom. The first-order valence-corrected chi connectivity index (χ1v) is 12.7. The first-order chi connectivity index (χ1) is 15.6. The number of benzene rings is 3. The lowest BCUT2D eigenvalue weighted by Gasteiger charge is -2.17. The Morgan fingerprint density at radius 2 is 1.58 bits per heavy atom. The molecule has 3 aromatic rings. The number of anilines is 1. The number of amides is 1. The standard InChI is InChI=1S/C27H30N2O3S/c1-17-12-18(2)14-25(13-17)29-33(31,32)26-16-24(9-8-19(26)3)27(30)28-20(4)22-11-10-21-6-5-7-23(21)15-22/h8-16,20,29H,5-7H2,1-4H3,(H,28,30)/t20-/m1/s1. The molecule has 0 aromatic heterocycles. The van der Waals surface area contributed by atoms with E-state index in [1.54, 1.807) is 31.2 Å². The highest BCUT2D eigenvalue weighted by Crippen LogP contribution is 2.26. The Balaban J connectivity index is 1.55. The molecule has 172 valence electrons. The van der Waals surface area contributed by atoms with E-state index in [0.29, 0.717) is 16.8 Å². The zero-order valence-electron chi connectivity index (χ0n) is 19.5. The van der Waals surface area contributed by atoms with Crippen LogP contribution < -0.4 is 10.0 Å². The molecule has 0 heterocycles. The van der Waals surface area contributed by atoms with Gasteiger partial charge in [-0.2, -0.15) is 0 Å². The summed E-state index contributed by atoms with van der Waals surface area (Å²) in [5.41, 5.74) is 7.14. The van der Waals surface area contributed by atoms with E-state index < -0.39 is 10.0 Å². The summed E-state index contributed by atoms with van der Waals surface area (Å²) in [6, 6.07) is 16.5. The van der Waals surface area contributed by atoms with Gasteiger partial charge in [0.15, 0.2) is 0 Å². The van der Waals surface area contributed by atoms with Gasteiger partial charge in [-0.15, -0.1) is 0 Å². The van der Waals surface area contributed by atoms with Crippen LogP contribution >= 0.6 is 0 Å². The summed E-state index contributed by atoms with van der Waals surface area (Å²) < 4.78 is 28.9. The lowest BCUT2D eigenvalue weighted by atomic mass is 10.0. The van der Waals surface area contributed by atoms with E-state index in [1.807, 2.05) is 26.8 Å². The van der Waals surface area contributed by atoms with Crippen molar-refractivity contribution in [3.63, 3.8) is 0 Å². The summed E-state index contributed by atoms with van der Waals surface area (Å²) in [6.07, 6.45) is 3.37. The van der Waals surface area contributed by atoms with Crippen LogP contribution in [0.4, 0.5) is 5.69 Å². The molecule has 0 unspecified atom stereocenters. The minimum atomic E-state index is -3.85. The normalized spacial score (nSPS) is 13.9. The van der Waals surface area contributed by atoms with Gasteiger partial charge in [0.1, 0.15) is 0 Å². The van der Waals surface area contributed by atoms with Gasteiger partial charge < -0.3 is 5.32 Å². The Labute approximate surface area is 196 Å². The van der Waals surface area contributed by atoms with Crippen molar-refractivity contribution in [2.75, 3.05) is 4.72 Å². The van der Waals surface area contributed by atoms with Gasteiger partial charge in [0.2, 0.25) is 0 Å². The SMILES string of the molecule is Cc1cc(C)cc(NS(=O)(=O)c2cc(C(=O)N[C@H](C)c3ccc4c(c3)CCC4)ccc2C)c1. The van der Waals surface area contributed by atoms with E-state index >= 15 is 0 Å². The van der Waals surface area contributed by atoms with Gasteiger partial charge in [0.25, 0.3) is 15.9 Å². The number of rotatable bonds is 6. The van der Waals surface area contributed by atoms with E-state index in [-0.39, 0.29) is 16.8 Å². The van der Waals surface area contributed by atoms with Gasteiger partial charge in [-0.25, -0.2) is 8.42 Å². The summed E-state index contributed by atoms with van der Waals surface area (Å²) >= 11 is 0. The quantitative estimate of drug-likeness (QED) is 0.516. The van der Waals surface area contributed by atoms with Crippen molar-refractivity contribution in [1.82, 2.24) is 5.32 Å². The van der Waals surface area contributed by atoms with Gasteiger partial charge in [0, 0.05) is 11.3 Å². The van der Waals surface area contributed by atoms with Crippen molar-refractivity contribution in [3.05, 3.63) is 93.5 Å². The van der Waals surface area contributed by atoms with Gasteiger partial charge in [-0.3, -0.25) is 9.52 Å². The molecule has 0 saturated carbocycles. The predicted octanol–water partition coefficient (Wildman–Crippen LogP) is 5.39. The second-order valence-electron chi connectivity index (χ2n) is 9.04. The largest absolute Gasteiger partial charge is 0.346 e. The highest BCUT2D eigenvalue weighted by molar-refractivity contribution is 7.92. The molecule has 0 radical (unpaired) electrons. The van der Waals surface area contributed by atoms with Crippen LogP contribution in [0.25, 0.3) is 0 Å². The summed E-state index contributed by atoms with van der Waals surface area (Å²) in [4.78, 5) is 13.1. The van der Waals surface area contributed by atoms with Gasteiger partial charge in [0.05, 0.1) is 10.9 Å². The van der Waals surface area contributed by atoms with Crippen LogP contribution in [0.1, 0.15) is 63.1 Å². The summed E-state index contributed by atoms with van der Waals surface area (Å²) in [5, 5.41) is 3.01. The van der Waals surface area contributed by atoms with Crippen LogP contribution in [-0.2, 0) is 22.9 Å². The molecule has 5 nitrogen and oxygen atoms in total. The molecule has 3 aromatic carbocycles. The molecule has 1 amide bonds. The van der Waals surface area contributed by atoms with Gasteiger partial charge in [-0.05, 0) is 105 Å². The van der Waals surface area contributed by atoms with E-state index in [1.165, 1.54) is 23.6 Å². The topological polar surface area (TPSA) is 75.3 Å². The van der Waals surface area contributed by atoms with Crippen molar-refractivity contribution < 1.29 is 13.2 Å². The number of aryl methyl sites for hydroxylation is 5. The molecular formula is C27H30N2O3S. The van der Waals surface area contributed by atoms with Crippen LogP contribution in [0.2, 0.25) is 0 Å². The maximum absolute atomic E-state index is 13.1. The van der Waals surface area contributed by atoms with Crippen LogP contribution in [-0.4, -0.2) is 14.3 Å². The van der Waals surface area contributed by atoms with Crippen LogP contribution in [0.15, 0.2) is 59.5 Å². The molecule has 6 heteroatoms. The smallest absolute Gasteiger partial charge is 0.262 e. The Hall–Kier alpha value is -3.12. The molecule has 0 aliphatic heterocycles. The van der Waals surface area contributed by atoms with E-state index in [0.717, 1.165) is 29.5 Å². The minimum Gasteiger partial charge on any atom is -0.346 e. The number of hydrogen-bond donors (Lipinski definition) is 2. The lowest BCUT2D eigenvalue weighted by Crippen LogP contribution is -2.27. The third-order valence-corrected chi connectivity index (χ3v) is 7.71. The molecule has 0 fully saturated rings. The molecule has 0 spiro atoms. The fraction of sp³-hybridized carbons (Fsp3) is 0.296. The second kappa shape index (κ2) is 9.02. The monoisotopic (exact) mass is 462 g/mol. The molecule has 1 aliphatic carbocycles. The second-order valence-corrected chi connectivity index (χ2v) is 10.7. The average Bonchev–Trinajstić information content (AvgIpc) is 3.20. The fourth-order valence-corrected chi connectivity index (χ4v) is 5.81. The lowest BCUT2D eigenvalue weighted by molar-refractivity contribution is 0.0939. The molecule has 2 N–H and O–H groups in total. The van der Waals surface area contributed by atoms with Crippen molar-refractivity contribution >= 4 is 21.6 Å². The molecule has 0 bridgehead atoms. The molecule has 4 rings (SSSR count). The number of hydrogen-bond acceptors (Lipinski definition) is 3. The minimum absolute atomic E-state index is 0.0968. The Morgan fingerprint density at radius 3 is 2.30 bits per heavy atom.